The Kier molecular flexibility index (Phi) is 6.57. The molecule has 1 unspecified atom stereocenters. The Balaban J connectivity index is 1.89. The van der Waals surface area contributed by atoms with Crippen molar-refractivity contribution < 1.29 is 0 Å². The lowest BCUT2D eigenvalue weighted by atomic mass is 9.75. The monoisotopic (exact) mass is 532 g/mol. The molecule has 0 aliphatic carbocycles. The highest BCUT2D eigenvalue weighted by atomic mass is 127. The average molecular weight is 532 g/mol. The molecule has 5 heteroatoms. The van der Waals surface area contributed by atoms with Crippen LogP contribution < -0.4 is 0 Å². The highest BCUT2D eigenvalue weighted by Gasteiger charge is 2.43. The third kappa shape index (κ3) is 4.24. The van der Waals surface area contributed by atoms with Gasteiger partial charge in [0.25, 0.3) is 0 Å². The third-order valence-electron chi connectivity index (χ3n) is 5.81. The summed E-state index contributed by atoms with van der Waals surface area (Å²) in [6.07, 6.45) is 0. The number of rotatable bonds is 5. The lowest BCUT2D eigenvalue weighted by molar-refractivity contribution is 0.109. The fraction of sp³-hybridized carbons (Fsp3) is 0.250. The van der Waals surface area contributed by atoms with E-state index in [0.717, 1.165) is 26.2 Å². The van der Waals surface area contributed by atoms with Gasteiger partial charge in [-0.3, -0.25) is 9.57 Å². The van der Waals surface area contributed by atoms with Gasteiger partial charge in [-0.25, -0.2) is 0 Å². The van der Waals surface area contributed by atoms with Crippen molar-refractivity contribution in [2.75, 3.05) is 32.8 Å². The lowest BCUT2D eigenvalue weighted by Crippen LogP contribution is -2.55. The van der Waals surface area contributed by atoms with E-state index >= 15 is 0 Å². The summed E-state index contributed by atoms with van der Waals surface area (Å²) in [7, 11) is 0. The zero-order valence-corrected chi connectivity index (χ0v) is 20.5. The fourth-order valence-electron chi connectivity index (χ4n) is 4.47. The van der Waals surface area contributed by atoms with Crippen molar-refractivity contribution in [3.8, 4) is 0 Å². The van der Waals surface area contributed by atoms with Gasteiger partial charge in [0.2, 0.25) is 0 Å². The Labute approximate surface area is 192 Å². The van der Waals surface area contributed by atoms with Gasteiger partial charge in [0.1, 0.15) is 0 Å². The lowest BCUT2D eigenvalue weighted by Gasteiger charge is -2.49. The number of benzene rings is 3. The van der Waals surface area contributed by atoms with Crippen LogP contribution in [-0.4, -0.2) is 42.4 Å². The Morgan fingerprint density at radius 2 is 1.03 bits per heavy atom. The van der Waals surface area contributed by atoms with Gasteiger partial charge < -0.3 is 0 Å². The first-order valence-corrected chi connectivity index (χ1v) is 16.0. The van der Waals surface area contributed by atoms with Crippen molar-refractivity contribution in [2.24, 2.45) is 0 Å². The maximum Gasteiger partial charge on any atom is 0.0973 e. The molecule has 3 aromatic rings. The minimum Gasteiger partial charge on any atom is -0.284 e. The molecule has 2 nitrogen and oxygen atoms in total. The highest BCUT2D eigenvalue weighted by molar-refractivity contribution is 14.2. The molecule has 0 N–H and O–H groups in total. The summed E-state index contributed by atoms with van der Waals surface area (Å²) in [6.45, 7) is 6.26. The average Bonchev–Trinajstić information content (AvgIpc) is 2.76. The Hall–Kier alpha value is -1.04. The molecule has 0 aromatic heterocycles. The van der Waals surface area contributed by atoms with Crippen molar-refractivity contribution in [1.29, 1.82) is 0 Å². The second kappa shape index (κ2) is 8.99. The molecular weight excluding hydrogens is 506 g/mol. The van der Waals surface area contributed by atoms with E-state index < -0.39 is 3.83 Å². The first-order valence-electron chi connectivity index (χ1n) is 9.97. The second-order valence-corrected chi connectivity index (χ2v) is 19.4. The molecule has 1 saturated heterocycles. The van der Waals surface area contributed by atoms with Crippen molar-refractivity contribution in [3.63, 3.8) is 0 Å². The van der Waals surface area contributed by atoms with Gasteiger partial charge in [-0.15, -0.1) is 0 Å². The molecule has 1 fully saturated rings. The normalized spacial score (nSPS) is 18.3. The standard InChI is InChI=1S/C24H26IN2PS/c1-28(25,29)27-19-17-26(18-20-27)24(21-11-5-2-6-12-21,22-13-7-3-8-14-22)23-15-9-4-10-16-23/h2-16H,17-20H2,1H3. The van der Waals surface area contributed by atoms with Gasteiger partial charge >= 0.3 is 0 Å². The minimum absolute atomic E-state index is 0.308. The topological polar surface area (TPSA) is 6.48 Å². The van der Waals surface area contributed by atoms with Gasteiger partial charge in [0.15, 0.2) is 0 Å². The molecule has 0 amide bonds. The van der Waals surface area contributed by atoms with Gasteiger partial charge in [0.05, 0.1) is 9.37 Å². The summed E-state index contributed by atoms with van der Waals surface area (Å²) >= 11 is 8.31. The molecule has 29 heavy (non-hydrogen) atoms. The summed E-state index contributed by atoms with van der Waals surface area (Å²) in [6, 6.07) is 32.9. The van der Waals surface area contributed by atoms with Crippen LogP contribution in [0.4, 0.5) is 0 Å². The van der Waals surface area contributed by atoms with E-state index in [1.54, 1.807) is 0 Å². The molecule has 0 saturated carbocycles. The predicted octanol–water partition coefficient (Wildman–Crippen LogP) is 5.97. The van der Waals surface area contributed by atoms with Gasteiger partial charge in [-0.1, -0.05) is 103 Å². The molecule has 0 radical (unpaired) electrons. The number of hydrogen-bond donors (Lipinski definition) is 0. The smallest absolute Gasteiger partial charge is 0.0973 e. The summed E-state index contributed by atoms with van der Waals surface area (Å²) < 4.78 is 1.09. The van der Waals surface area contributed by atoms with Crippen LogP contribution in [0, 0.1) is 0 Å². The van der Waals surface area contributed by atoms with E-state index in [9.17, 15) is 0 Å². The van der Waals surface area contributed by atoms with E-state index in [-0.39, 0.29) is 5.54 Å². The third-order valence-corrected chi connectivity index (χ3v) is 9.74. The van der Waals surface area contributed by atoms with Crippen molar-refractivity contribution in [3.05, 3.63) is 108 Å². The predicted molar refractivity (Wildman–Crippen MR) is 137 cm³/mol. The zero-order valence-electron chi connectivity index (χ0n) is 16.6. The van der Waals surface area contributed by atoms with E-state index in [2.05, 4.69) is 129 Å². The first kappa shape index (κ1) is 21.2. The number of nitrogens with zero attached hydrogens (tertiary/aromatic N) is 2. The van der Waals surface area contributed by atoms with Crippen LogP contribution in [0.3, 0.4) is 0 Å². The van der Waals surface area contributed by atoms with Crippen molar-refractivity contribution >= 4 is 37.7 Å². The van der Waals surface area contributed by atoms with Crippen LogP contribution in [-0.2, 0) is 17.3 Å². The zero-order chi connectivity index (χ0) is 20.3. The first-order chi connectivity index (χ1) is 14.0. The molecule has 0 spiro atoms. The SMILES string of the molecule is CP(=S)(I)N1CCN(C(c2ccccc2)(c2ccccc2)c2ccccc2)CC1. The quantitative estimate of drug-likeness (QED) is 0.227. The van der Waals surface area contributed by atoms with E-state index in [0.29, 0.717) is 0 Å². The van der Waals surface area contributed by atoms with E-state index in [4.69, 9.17) is 11.8 Å². The molecule has 4 rings (SSSR count). The van der Waals surface area contributed by atoms with Crippen molar-refractivity contribution in [1.82, 2.24) is 9.57 Å². The van der Waals surface area contributed by atoms with Crippen LogP contribution in [0.25, 0.3) is 0 Å². The van der Waals surface area contributed by atoms with Crippen LogP contribution in [0.15, 0.2) is 91.0 Å². The number of hydrogen-bond acceptors (Lipinski definition) is 2. The summed E-state index contributed by atoms with van der Waals surface area (Å²) in [5, 5.41) is 0. The van der Waals surface area contributed by atoms with Crippen LogP contribution in [0.1, 0.15) is 16.7 Å². The minimum atomic E-state index is -1.43. The summed E-state index contributed by atoms with van der Waals surface area (Å²) in [4.78, 5) is 2.66. The van der Waals surface area contributed by atoms with Gasteiger partial charge in [0, 0.05) is 26.2 Å². The number of piperazine rings is 1. The van der Waals surface area contributed by atoms with Gasteiger partial charge in [-0.2, -0.15) is 0 Å². The van der Waals surface area contributed by atoms with Crippen LogP contribution in [0.2, 0.25) is 0 Å². The molecule has 150 valence electrons. The molecule has 1 atom stereocenters. The van der Waals surface area contributed by atoms with Crippen LogP contribution >= 0.6 is 25.9 Å². The molecule has 1 heterocycles. The Bertz CT molecular complexity index is 871. The molecule has 1 aliphatic heterocycles. The van der Waals surface area contributed by atoms with Crippen molar-refractivity contribution in [2.45, 2.75) is 5.54 Å². The second-order valence-electron chi connectivity index (χ2n) is 7.53. The molecule has 0 bridgehead atoms. The van der Waals surface area contributed by atoms with Crippen LogP contribution in [0.5, 0.6) is 0 Å². The summed E-state index contributed by atoms with van der Waals surface area (Å²) in [5.74, 6) is 0. The molecular formula is C24H26IN2PS. The maximum atomic E-state index is 5.82. The maximum absolute atomic E-state index is 5.82. The fourth-order valence-corrected chi connectivity index (χ4v) is 7.15. The van der Waals surface area contributed by atoms with E-state index in [1.165, 1.54) is 16.7 Å². The highest BCUT2D eigenvalue weighted by Crippen LogP contribution is 2.55. The Morgan fingerprint density at radius 3 is 1.34 bits per heavy atom. The van der Waals surface area contributed by atoms with E-state index in [1.807, 2.05) is 0 Å². The molecule has 3 aromatic carbocycles. The Morgan fingerprint density at radius 1 is 0.690 bits per heavy atom. The number of halogens is 1. The molecule has 1 aliphatic rings. The van der Waals surface area contributed by atoms with Gasteiger partial charge in [-0.05, 0) is 45.4 Å². The summed E-state index contributed by atoms with van der Waals surface area (Å²) in [5.41, 5.74) is 3.64. The largest absolute Gasteiger partial charge is 0.284 e.